The van der Waals surface area contributed by atoms with Gasteiger partial charge in [-0.1, -0.05) is 32.6 Å². The van der Waals surface area contributed by atoms with Crippen molar-refractivity contribution in [1.82, 2.24) is 0 Å². The first-order valence-corrected chi connectivity index (χ1v) is 5.98. The predicted molar refractivity (Wildman–Crippen MR) is 50.7 cm³/mol. The van der Waals surface area contributed by atoms with Crippen LogP contribution in [0.2, 0.25) is 0 Å². The normalized spacial score (nSPS) is 10.9. The van der Waals surface area contributed by atoms with E-state index in [0.717, 1.165) is 19.3 Å². The van der Waals surface area contributed by atoms with Gasteiger partial charge in [0.05, 0.1) is 12.9 Å². The van der Waals surface area contributed by atoms with E-state index in [1.54, 1.807) is 0 Å². The molecule has 0 unspecified atom stereocenters. The van der Waals surface area contributed by atoms with Crippen LogP contribution in [0, 0.1) is 0 Å². The van der Waals surface area contributed by atoms with Gasteiger partial charge in [-0.25, -0.2) is 0 Å². The average molecular weight is 218 g/mol. The molecule has 0 aromatic rings. The summed E-state index contributed by atoms with van der Waals surface area (Å²) in [4.78, 5) is 0. The van der Waals surface area contributed by atoms with Gasteiger partial charge in [0.15, 0.2) is 0 Å². The van der Waals surface area contributed by atoms with Gasteiger partial charge < -0.3 is 1.43 Å². The van der Waals surface area contributed by atoms with Gasteiger partial charge in [-0.3, -0.25) is 4.18 Å². The van der Waals surface area contributed by atoms with Crippen molar-refractivity contribution in [1.29, 1.82) is 0 Å². The van der Waals surface area contributed by atoms with Gasteiger partial charge in [-0.2, -0.15) is 8.42 Å². The fourth-order valence-corrected chi connectivity index (χ4v) is 1.69. The van der Waals surface area contributed by atoms with Crippen molar-refractivity contribution >= 4 is 10.1 Å². The van der Waals surface area contributed by atoms with E-state index in [1.807, 2.05) is 0 Å². The second-order valence-electron chi connectivity index (χ2n) is 2.84. The molecule has 0 aliphatic heterocycles. The summed E-state index contributed by atoms with van der Waals surface area (Å²) in [5.74, 6) is 0.160. The molecule has 0 saturated heterocycles. The first kappa shape index (κ1) is 16.3. The molecule has 0 aromatic carbocycles. The van der Waals surface area contributed by atoms with Crippen molar-refractivity contribution in [2.75, 3.05) is 12.9 Å². The van der Waals surface area contributed by atoms with Crippen LogP contribution < -0.4 is 29.6 Å². The van der Waals surface area contributed by atoms with Crippen molar-refractivity contribution in [3.05, 3.63) is 0 Å². The van der Waals surface area contributed by atoms with Crippen LogP contribution in [0.25, 0.3) is 0 Å². The minimum atomic E-state index is -3.21. The summed E-state index contributed by atoms with van der Waals surface area (Å²) >= 11 is 0. The SMILES string of the molecule is CCCCCCCS(=O)(=O)OC.[H-].[Na+]. The van der Waals surface area contributed by atoms with Gasteiger partial charge in [0.1, 0.15) is 0 Å². The van der Waals surface area contributed by atoms with E-state index in [4.69, 9.17) is 0 Å². The molecule has 0 aliphatic rings. The van der Waals surface area contributed by atoms with Gasteiger partial charge in [0, 0.05) is 0 Å². The molecule has 0 amide bonds. The van der Waals surface area contributed by atoms with Crippen LogP contribution in [0.15, 0.2) is 0 Å². The van der Waals surface area contributed by atoms with Crippen LogP contribution in [0.3, 0.4) is 0 Å². The minimum Gasteiger partial charge on any atom is -1.00 e. The maximum absolute atomic E-state index is 10.8. The molecule has 0 aromatic heterocycles. The Morgan fingerprint density at radius 2 is 1.69 bits per heavy atom. The summed E-state index contributed by atoms with van der Waals surface area (Å²) in [5.41, 5.74) is 0. The van der Waals surface area contributed by atoms with Crippen LogP contribution >= 0.6 is 0 Å². The Morgan fingerprint density at radius 1 is 1.15 bits per heavy atom. The number of unbranched alkanes of at least 4 members (excludes halogenated alkanes) is 4. The minimum absolute atomic E-state index is 0. The molecule has 0 N–H and O–H groups in total. The summed E-state index contributed by atoms with van der Waals surface area (Å²) in [5, 5.41) is 0. The first-order chi connectivity index (χ1) is 5.62. The summed E-state index contributed by atoms with van der Waals surface area (Å²) < 4.78 is 25.9. The Labute approximate surface area is 105 Å². The molecule has 0 heterocycles. The molecule has 76 valence electrons. The molecule has 13 heavy (non-hydrogen) atoms. The third-order valence-electron chi connectivity index (χ3n) is 1.75. The monoisotopic (exact) mass is 218 g/mol. The van der Waals surface area contributed by atoms with Gasteiger partial charge in [-0.05, 0) is 6.42 Å². The third-order valence-corrected chi connectivity index (χ3v) is 3.05. The molecule has 0 spiro atoms. The topological polar surface area (TPSA) is 43.4 Å². The Hall–Kier alpha value is 0.910. The average Bonchev–Trinajstić information content (AvgIpc) is 2.04. The van der Waals surface area contributed by atoms with Crippen molar-refractivity contribution in [2.24, 2.45) is 0 Å². The molecule has 0 atom stereocenters. The van der Waals surface area contributed by atoms with E-state index in [1.165, 1.54) is 20.0 Å². The second kappa shape index (κ2) is 9.46. The van der Waals surface area contributed by atoms with Crippen LogP contribution in [0.5, 0.6) is 0 Å². The Kier molecular flexibility index (Phi) is 11.9. The summed E-state index contributed by atoms with van der Waals surface area (Å²) in [7, 11) is -2.00. The molecular formula is C8H19NaO3S. The van der Waals surface area contributed by atoms with Crippen LogP contribution in [-0.4, -0.2) is 21.3 Å². The second-order valence-corrected chi connectivity index (χ2v) is 4.70. The van der Waals surface area contributed by atoms with E-state index in [0.29, 0.717) is 0 Å². The molecule has 0 saturated carbocycles. The molecule has 0 bridgehead atoms. The zero-order valence-electron chi connectivity index (χ0n) is 9.88. The van der Waals surface area contributed by atoms with Gasteiger partial charge in [-0.15, -0.1) is 0 Å². The molecule has 3 nitrogen and oxygen atoms in total. The quantitative estimate of drug-likeness (QED) is 0.314. The van der Waals surface area contributed by atoms with E-state index < -0.39 is 10.1 Å². The molecule has 0 fully saturated rings. The Balaban J connectivity index is -0.000000605. The molecule has 5 heteroatoms. The molecule has 0 radical (unpaired) electrons. The molecular weight excluding hydrogens is 199 g/mol. The summed E-state index contributed by atoms with van der Waals surface area (Å²) in [6.07, 6.45) is 5.19. The van der Waals surface area contributed by atoms with E-state index in [-0.39, 0.29) is 36.7 Å². The Bertz CT molecular complexity index is 195. The maximum atomic E-state index is 10.8. The van der Waals surface area contributed by atoms with Crippen LogP contribution in [0.4, 0.5) is 0 Å². The van der Waals surface area contributed by atoms with Gasteiger partial charge >= 0.3 is 29.6 Å². The summed E-state index contributed by atoms with van der Waals surface area (Å²) in [6.45, 7) is 2.13. The van der Waals surface area contributed by atoms with Crippen molar-refractivity contribution < 1.29 is 43.6 Å². The first-order valence-electron chi connectivity index (χ1n) is 4.40. The number of rotatable bonds is 7. The van der Waals surface area contributed by atoms with Crippen molar-refractivity contribution in [3.63, 3.8) is 0 Å². The van der Waals surface area contributed by atoms with Crippen LogP contribution in [-0.2, 0) is 14.3 Å². The zero-order valence-corrected chi connectivity index (χ0v) is 11.7. The van der Waals surface area contributed by atoms with Gasteiger partial charge in [0.2, 0.25) is 0 Å². The maximum Gasteiger partial charge on any atom is 1.00 e. The zero-order chi connectivity index (χ0) is 9.45. The standard InChI is InChI=1S/C8H18O3S.Na.H/c1-3-4-5-6-7-8-12(9,10)11-2;;/h3-8H2,1-2H3;;/q;+1;-1. The summed E-state index contributed by atoms with van der Waals surface area (Å²) in [6, 6.07) is 0. The Morgan fingerprint density at radius 3 is 2.15 bits per heavy atom. The van der Waals surface area contributed by atoms with Crippen LogP contribution in [0.1, 0.15) is 40.5 Å². The predicted octanol–water partition coefficient (Wildman–Crippen LogP) is -0.950. The molecule has 0 aliphatic carbocycles. The number of hydrogen-bond donors (Lipinski definition) is 0. The van der Waals surface area contributed by atoms with E-state index in [9.17, 15) is 8.42 Å². The van der Waals surface area contributed by atoms with E-state index in [2.05, 4.69) is 11.1 Å². The largest absolute Gasteiger partial charge is 1.00 e. The van der Waals surface area contributed by atoms with E-state index >= 15 is 0 Å². The van der Waals surface area contributed by atoms with Crippen molar-refractivity contribution in [2.45, 2.75) is 39.0 Å². The van der Waals surface area contributed by atoms with Crippen molar-refractivity contribution in [3.8, 4) is 0 Å². The third kappa shape index (κ3) is 10.8. The fraction of sp³-hybridized carbons (Fsp3) is 1.00. The smallest absolute Gasteiger partial charge is 1.00 e. The number of hydrogen-bond acceptors (Lipinski definition) is 3. The fourth-order valence-electron chi connectivity index (χ4n) is 0.966. The molecule has 0 rings (SSSR count). The van der Waals surface area contributed by atoms with Gasteiger partial charge in [0.25, 0.3) is 10.1 Å².